The second-order valence-corrected chi connectivity index (χ2v) is 2.60. The molecule has 0 bridgehead atoms. The van der Waals surface area contributed by atoms with Crippen LogP contribution in [0.1, 0.15) is 32.6 Å². The van der Waals surface area contributed by atoms with E-state index in [1.54, 1.807) is 0 Å². The molecule has 0 radical (unpaired) electrons. The summed E-state index contributed by atoms with van der Waals surface area (Å²) < 4.78 is 0. The average Bonchev–Trinajstić information content (AvgIpc) is 1.98. The standard InChI is InChI=1S/C9H16O/c1-3-5-7-9(8-10)6-4-2/h2,9-10H,3,5-8H2,1H3. The van der Waals surface area contributed by atoms with Crippen LogP contribution in [-0.4, -0.2) is 11.7 Å². The molecule has 58 valence electrons. The number of aliphatic hydroxyl groups excluding tert-OH is 1. The fourth-order valence-electron chi connectivity index (χ4n) is 0.917. The van der Waals surface area contributed by atoms with Gasteiger partial charge in [0.1, 0.15) is 0 Å². The fourth-order valence-corrected chi connectivity index (χ4v) is 0.917. The maximum Gasteiger partial charge on any atom is 0.0468 e. The highest BCUT2D eigenvalue weighted by atomic mass is 16.3. The Balaban J connectivity index is 3.32. The van der Waals surface area contributed by atoms with Crippen molar-refractivity contribution in [3.8, 4) is 12.3 Å². The number of unbranched alkanes of at least 4 members (excludes halogenated alkanes) is 1. The van der Waals surface area contributed by atoms with Crippen molar-refractivity contribution in [3.63, 3.8) is 0 Å². The van der Waals surface area contributed by atoms with E-state index >= 15 is 0 Å². The predicted molar refractivity (Wildman–Crippen MR) is 43.6 cm³/mol. The first kappa shape index (κ1) is 9.52. The van der Waals surface area contributed by atoms with Gasteiger partial charge in [-0.25, -0.2) is 0 Å². The van der Waals surface area contributed by atoms with Crippen LogP contribution in [0.2, 0.25) is 0 Å². The Hall–Kier alpha value is -0.480. The van der Waals surface area contributed by atoms with Gasteiger partial charge in [-0.2, -0.15) is 0 Å². The minimum Gasteiger partial charge on any atom is -0.396 e. The van der Waals surface area contributed by atoms with E-state index in [1.165, 1.54) is 12.8 Å². The first-order chi connectivity index (χ1) is 4.85. The topological polar surface area (TPSA) is 20.2 Å². The zero-order valence-corrected chi connectivity index (χ0v) is 6.64. The second kappa shape index (κ2) is 6.64. The third-order valence-electron chi connectivity index (χ3n) is 1.63. The van der Waals surface area contributed by atoms with Crippen LogP contribution >= 0.6 is 0 Å². The summed E-state index contributed by atoms with van der Waals surface area (Å²) in [5.41, 5.74) is 0. The Labute approximate surface area is 63.5 Å². The summed E-state index contributed by atoms with van der Waals surface area (Å²) in [5, 5.41) is 8.79. The summed E-state index contributed by atoms with van der Waals surface area (Å²) in [7, 11) is 0. The van der Waals surface area contributed by atoms with Gasteiger partial charge in [-0.3, -0.25) is 0 Å². The van der Waals surface area contributed by atoms with Gasteiger partial charge in [-0.05, 0) is 12.3 Å². The smallest absolute Gasteiger partial charge is 0.0468 e. The molecule has 0 aliphatic heterocycles. The molecule has 0 aromatic carbocycles. The van der Waals surface area contributed by atoms with E-state index < -0.39 is 0 Å². The van der Waals surface area contributed by atoms with E-state index in [-0.39, 0.29) is 6.61 Å². The van der Waals surface area contributed by atoms with Crippen LogP contribution in [0.5, 0.6) is 0 Å². The number of aliphatic hydroxyl groups is 1. The third kappa shape index (κ3) is 4.40. The van der Waals surface area contributed by atoms with Crippen molar-refractivity contribution >= 4 is 0 Å². The summed E-state index contributed by atoms with van der Waals surface area (Å²) in [6, 6.07) is 0. The van der Waals surface area contributed by atoms with Gasteiger partial charge in [0.25, 0.3) is 0 Å². The molecule has 0 aliphatic carbocycles. The molecule has 1 N–H and O–H groups in total. The zero-order chi connectivity index (χ0) is 7.82. The van der Waals surface area contributed by atoms with E-state index in [0.29, 0.717) is 5.92 Å². The zero-order valence-electron chi connectivity index (χ0n) is 6.64. The van der Waals surface area contributed by atoms with Crippen molar-refractivity contribution in [2.75, 3.05) is 6.61 Å². The molecule has 1 heteroatoms. The van der Waals surface area contributed by atoms with E-state index in [2.05, 4.69) is 12.8 Å². The van der Waals surface area contributed by atoms with Gasteiger partial charge in [-0.1, -0.05) is 19.8 Å². The minimum absolute atomic E-state index is 0.240. The summed E-state index contributed by atoms with van der Waals surface area (Å²) >= 11 is 0. The van der Waals surface area contributed by atoms with Crippen molar-refractivity contribution in [1.82, 2.24) is 0 Å². The van der Waals surface area contributed by atoms with Crippen molar-refractivity contribution < 1.29 is 5.11 Å². The lowest BCUT2D eigenvalue weighted by Crippen LogP contribution is -2.04. The van der Waals surface area contributed by atoms with Gasteiger partial charge in [0, 0.05) is 13.0 Å². The van der Waals surface area contributed by atoms with Crippen molar-refractivity contribution in [3.05, 3.63) is 0 Å². The molecule has 0 heterocycles. The molecule has 1 unspecified atom stereocenters. The van der Waals surface area contributed by atoms with Crippen LogP contribution in [0, 0.1) is 18.3 Å². The highest BCUT2D eigenvalue weighted by Gasteiger charge is 2.03. The molecule has 0 saturated carbocycles. The van der Waals surface area contributed by atoms with Crippen molar-refractivity contribution in [2.24, 2.45) is 5.92 Å². The maximum absolute atomic E-state index is 8.79. The summed E-state index contributed by atoms with van der Waals surface area (Å²) in [6.07, 6.45) is 9.26. The first-order valence-corrected chi connectivity index (χ1v) is 3.89. The number of hydrogen-bond donors (Lipinski definition) is 1. The Kier molecular flexibility index (Phi) is 6.32. The lowest BCUT2D eigenvalue weighted by molar-refractivity contribution is 0.219. The normalized spacial score (nSPS) is 12.5. The highest BCUT2D eigenvalue weighted by Crippen LogP contribution is 2.10. The molecule has 0 fully saturated rings. The number of rotatable bonds is 5. The molecule has 0 aromatic rings. The van der Waals surface area contributed by atoms with Gasteiger partial charge in [0.05, 0.1) is 0 Å². The molecule has 0 amide bonds. The monoisotopic (exact) mass is 140 g/mol. The largest absolute Gasteiger partial charge is 0.396 e. The molecule has 1 nitrogen and oxygen atoms in total. The molecular formula is C9H16O. The van der Waals surface area contributed by atoms with Crippen LogP contribution in [-0.2, 0) is 0 Å². The molecule has 0 rings (SSSR count). The van der Waals surface area contributed by atoms with Crippen LogP contribution in [0.3, 0.4) is 0 Å². The summed E-state index contributed by atoms with van der Waals surface area (Å²) in [5.74, 6) is 2.91. The Morgan fingerprint density at radius 2 is 2.30 bits per heavy atom. The van der Waals surface area contributed by atoms with Gasteiger partial charge in [0.15, 0.2) is 0 Å². The lowest BCUT2D eigenvalue weighted by Gasteiger charge is -2.08. The van der Waals surface area contributed by atoms with E-state index in [0.717, 1.165) is 12.8 Å². The SMILES string of the molecule is C#CCC(CO)CCCC. The van der Waals surface area contributed by atoms with E-state index in [4.69, 9.17) is 11.5 Å². The van der Waals surface area contributed by atoms with Crippen LogP contribution in [0.25, 0.3) is 0 Å². The maximum atomic E-state index is 8.79. The second-order valence-electron chi connectivity index (χ2n) is 2.60. The van der Waals surface area contributed by atoms with E-state index in [1.807, 2.05) is 0 Å². The van der Waals surface area contributed by atoms with Crippen LogP contribution in [0.4, 0.5) is 0 Å². The summed E-state index contributed by atoms with van der Waals surface area (Å²) in [6.45, 7) is 2.38. The molecular weight excluding hydrogens is 124 g/mol. The van der Waals surface area contributed by atoms with Gasteiger partial charge < -0.3 is 5.11 Å². The lowest BCUT2D eigenvalue weighted by atomic mass is 10.0. The third-order valence-corrected chi connectivity index (χ3v) is 1.63. The van der Waals surface area contributed by atoms with Crippen molar-refractivity contribution in [2.45, 2.75) is 32.6 Å². The molecule has 0 aliphatic rings. The number of terminal acetylenes is 1. The predicted octanol–water partition coefficient (Wildman–Crippen LogP) is 1.81. The van der Waals surface area contributed by atoms with Crippen molar-refractivity contribution in [1.29, 1.82) is 0 Å². The molecule has 0 spiro atoms. The van der Waals surface area contributed by atoms with Gasteiger partial charge in [0.2, 0.25) is 0 Å². The van der Waals surface area contributed by atoms with Gasteiger partial charge in [-0.15, -0.1) is 12.3 Å². The molecule has 10 heavy (non-hydrogen) atoms. The molecule has 1 atom stereocenters. The van der Waals surface area contributed by atoms with E-state index in [9.17, 15) is 0 Å². The Morgan fingerprint density at radius 1 is 1.60 bits per heavy atom. The first-order valence-electron chi connectivity index (χ1n) is 3.89. The highest BCUT2D eigenvalue weighted by molar-refractivity contribution is 4.86. The minimum atomic E-state index is 0.240. The fraction of sp³-hybridized carbons (Fsp3) is 0.778. The Bertz CT molecular complexity index is 102. The number of hydrogen-bond acceptors (Lipinski definition) is 1. The quantitative estimate of drug-likeness (QED) is 0.577. The summed E-state index contributed by atoms with van der Waals surface area (Å²) in [4.78, 5) is 0. The average molecular weight is 140 g/mol. The van der Waals surface area contributed by atoms with Crippen LogP contribution in [0.15, 0.2) is 0 Å². The molecule has 0 aromatic heterocycles. The molecule has 0 saturated heterocycles. The van der Waals surface area contributed by atoms with Gasteiger partial charge >= 0.3 is 0 Å². The Morgan fingerprint density at radius 3 is 2.70 bits per heavy atom. The van der Waals surface area contributed by atoms with Crippen LogP contribution < -0.4 is 0 Å².